The van der Waals surface area contributed by atoms with Crippen LogP contribution < -0.4 is 10.1 Å². The Hall–Kier alpha value is -0.850. The molecule has 2 heterocycles. The summed E-state index contributed by atoms with van der Waals surface area (Å²) in [6.07, 6.45) is 1.31. The normalized spacial score (nSPS) is 22.8. The van der Waals surface area contributed by atoms with Crippen LogP contribution in [0.5, 0.6) is 5.75 Å². The highest BCUT2D eigenvalue weighted by molar-refractivity contribution is 8.16. The summed E-state index contributed by atoms with van der Waals surface area (Å²) < 4.78 is 6.23. The lowest BCUT2D eigenvalue weighted by Gasteiger charge is -2.33. The van der Waals surface area contributed by atoms with Crippen LogP contribution in [-0.2, 0) is 4.79 Å². The second-order valence-corrected chi connectivity index (χ2v) is 8.65. The number of nitrogens with one attached hydrogen (secondary N) is 1. The van der Waals surface area contributed by atoms with E-state index in [0.29, 0.717) is 4.58 Å². The number of hydrogen-bond donors (Lipinski definition) is 1. The van der Waals surface area contributed by atoms with Crippen molar-refractivity contribution in [2.45, 2.75) is 24.0 Å². The van der Waals surface area contributed by atoms with E-state index in [4.69, 9.17) is 4.74 Å². The van der Waals surface area contributed by atoms with Crippen molar-refractivity contribution in [2.75, 3.05) is 37.7 Å². The van der Waals surface area contributed by atoms with Crippen LogP contribution in [0.3, 0.4) is 0 Å². The monoisotopic (exact) mass is 352 g/mol. The number of hydrogen-bond acceptors (Lipinski definition) is 5. The summed E-state index contributed by atoms with van der Waals surface area (Å²) in [4.78, 5) is 14.2. The van der Waals surface area contributed by atoms with Crippen molar-refractivity contribution < 1.29 is 9.53 Å². The molecule has 4 nitrogen and oxygen atoms in total. The van der Waals surface area contributed by atoms with Gasteiger partial charge in [0.1, 0.15) is 5.75 Å². The number of thioether (sulfide) groups is 2. The van der Waals surface area contributed by atoms with Crippen LogP contribution in [-0.4, -0.2) is 54.6 Å². The van der Waals surface area contributed by atoms with Crippen molar-refractivity contribution in [3.8, 4) is 5.75 Å². The topological polar surface area (TPSA) is 41.6 Å². The van der Waals surface area contributed by atoms with E-state index in [9.17, 15) is 4.79 Å². The maximum Gasteiger partial charge on any atom is 0.260 e. The average Bonchev–Trinajstić information content (AvgIpc) is 2.61. The van der Waals surface area contributed by atoms with Crippen LogP contribution >= 0.6 is 23.5 Å². The zero-order valence-corrected chi connectivity index (χ0v) is 15.1. The Balaban J connectivity index is 1.51. The first-order valence-corrected chi connectivity index (χ1v) is 10.3. The van der Waals surface area contributed by atoms with Gasteiger partial charge in [0.05, 0.1) is 4.58 Å². The molecule has 3 rings (SSSR count). The fourth-order valence-corrected chi connectivity index (χ4v) is 5.74. The van der Waals surface area contributed by atoms with Crippen LogP contribution in [0.1, 0.15) is 23.5 Å². The molecule has 1 aromatic carbocycles. The molecule has 2 saturated heterocycles. The second-order valence-electron chi connectivity index (χ2n) is 5.93. The molecule has 1 atom stereocenters. The number of nitrogens with zero attached hydrogens (tertiary/aromatic N) is 1. The minimum Gasteiger partial charge on any atom is -0.484 e. The summed E-state index contributed by atoms with van der Waals surface area (Å²) in [7, 11) is 0. The number of carbonyl (C=O) groups excluding carboxylic acids is 1. The molecule has 1 unspecified atom stereocenters. The minimum absolute atomic E-state index is 0.0708. The molecule has 1 aromatic rings. The van der Waals surface area contributed by atoms with Gasteiger partial charge in [0.2, 0.25) is 0 Å². The molecule has 0 aliphatic carbocycles. The molecule has 0 aromatic heterocycles. The Bertz CT molecular complexity index is 518. The van der Waals surface area contributed by atoms with Gasteiger partial charge in [0.25, 0.3) is 5.91 Å². The summed E-state index contributed by atoms with van der Waals surface area (Å²) in [5, 5.41) is 3.29. The number of benzene rings is 1. The molecule has 23 heavy (non-hydrogen) atoms. The van der Waals surface area contributed by atoms with E-state index in [1.807, 2.05) is 40.6 Å². The third kappa shape index (κ3) is 4.58. The van der Waals surface area contributed by atoms with Gasteiger partial charge in [-0.1, -0.05) is 12.1 Å². The number of ether oxygens (including phenoxy) is 1. The number of rotatable bonds is 4. The van der Waals surface area contributed by atoms with Gasteiger partial charge in [0.15, 0.2) is 6.61 Å². The van der Waals surface area contributed by atoms with Crippen molar-refractivity contribution in [1.29, 1.82) is 0 Å². The molecule has 1 amide bonds. The minimum atomic E-state index is 0.0708. The molecule has 1 N–H and O–H groups in total. The second kappa shape index (κ2) is 8.31. The summed E-state index contributed by atoms with van der Waals surface area (Å²) >= 11 is 4.03. The summed E-state index contributed by atoms with van der Waals surface area (Å²) in [5.74, 6) is 3.33. The molecule has 0 saturated carbocycles. The number of amides is 1. The standard InChI is InChI=1S/C17H24N2O2S2/c1-13-11-18-7-8-19(13)16(20)12-21-15-5-3-14(4-6-15)17-22-9-2-10-23-17/h3-6,13,17-18H,2,7-12H2,1H3. The van der Waals surface area contributed by atoms with Crippen molar-refractivity contribution in [3.63, 3.8) is 0 Å². The highest BCUT2D eigenvalue weighted by Gasteiger charge is 2.23. The van der Waals surface area contributed by atoms with Crippen molar-refractivity contribution in [1.82, 2.24) is 10.2 Å². The molecule has 126 valence electrons. The number of piperazine rings is 1. The Morgan fingerprint density at radius 2 is 2.04 bits per heavy atom. The van der Waals surface area contributed by atoms with Gasteiger partial charge in [-0.25, -0.2) is 0 Å². The van der Waals surface area contributed by atoms with E-state index in [1.54, 1.807) is 0 Å². The molecular formula is C17H24N2O2S2. The smallest absolute Gasteiger partial charge is 0.260 e. The van der Waals surface area contributed by atoms with Crippen LogP contribution in [0.4, 0.5) is 0 Å². The lowest BCUT2D eigenvalue weighted by atomic mass is 10.2. The number of carbonyl (C=O) groups is 1. The third-order valence-corrected chi connectivity index (χ3v) is 7.18. The average molecular weight is 353 g/mol. The van der Waals surface area contributed by atoms with Crippen molar-refractivity contribution >= 4 is 29.4 Å². The fraction of sp³-hybridized carbons (Fsp3) is 0.588. The van der Waals surface area contributed by atoms with E-state index < -0.39 is 0 Å². The van der Waals surface area contributed by atoms with Crippen LogP contribution in [0.2, 0.25) is 0 Å². The van der Waals surface area contributed by atoms with Crippen molar-refractivity contribution in [3.05, 3.63) is 29.8 Å². The molecule has 0 spiro atoms. The Kier molecular flexibility index (Phi) is 6.14. The fourth-order valence-electron chi connectivity index (χ4n) is 2.84. The summed E-state index contributed by atoms with van der Waals surface area (Å²) in [6, 6.07) is 8.47. The van der Waals surface area contributed by atoms with E-state index in [1.165, 1.54) is 23.5 Å². The van der Waals surface area contributed by atoms with E-state index >= 15 is 0 Å². The Morgan fingerprint density at radius 3 is 2.74 bits per heavy atom. The Morgan fingerprint density at radius 1 is 1.30 bits per heavy atom. The molecule has 0 bridgehead atoms. The lowest BCUT2D eigenvalue weighted by Crippen LogP contribution is -2.53. The van der Waals surface area contributed by atoms with E-state index in [2.05, 4.69) is 24.4 Å². The van der Waals surface area contributed by atoms with Gasteiger partial charge in [-0.05, 0) is 42.5 Å². The van der Waals surface area contributed by atoms with Gasteiger partial charge in [0, 0.05) is 25.7 Å². The SMILES string of the molecule is CC1CNCCN1C(=O)COc1ccc(C2SCCCS2)cc1. The van der Waals surface area contributed by atoms with Crippen LogP contribution in [0.25, 0.3) is 0 Å². The van der Waals surface area contributed by atoms with Gasteiger partial charge in [-0.3, -0.25) is 4.79 Å². The largest absolute Gasteiger partial charge is 0.484 e. The predicted octanol–water partition coefficient (Wildman–Crippen LogP) is 2.75. The molecule has 2 aliphatic rings. The Labute approximate surface area is 146 Å². The molecule has 6 heteroatoms. The lowest BCUT2D eigenvalue weighted by molar-refractivity contribution is -0.136. The first kappa shape index (κ1) is 17.0. The maximum atomic E-state index is 12.3. The molecule has 0 radical (unpaired) electrons. The molecule has 2 fully saturated rings. The van der Waals surface area contributed by atoms with Gasteiger partial charge >= 0.3 is 0 Å². The van der Waals surface area contributed by atoms with Crippen LogP contribution in [0.15, 0.2) is 24.3 Å². The zero-order valence-electron chi connectivity index (χ0n) is 13.5. The van der Waals surface area contributed by atoms with Gasteiger partial charge < -0.3 is 15.0 Å². The van der Waals surface area contributed by atoms with Crippen LogP contribution in [0, 0.1) is 0 Å². The van der Waals surface area contributed by atoms with Gasteiger partial charge in [-0.2, -0.15) is 0 Å². The maximum absolute atomic E-state index is 12.3. The molecular weight excluding hydrogens is 328 g/mol. The highest BCUT2D eigenvalue weighted by Crippen LogP contribution is 2.43. The van der Waals surface area contributed by atoms with Gasteiger partial charge in [-0.15, -0.1) is 23.5 Å². The zero-order chi connectivity index (χ0) is 16.1. The first-order valence-electron chi connectivity index (χ1n) is 8.20. The van der Waals surface area contributed by atoms with E-state index in [-0.39, 0.29) is 18.6 Å². The third-order valence-electron chi connectivity index (χ3n) is 4.16. The summed E-state index contributed by atoms with van der Waals surface area (Å²) in [6.45, 7) is 4.67. The summed E-state index contributed by atoms with van der Waals surface area (Å²) in [5.41, 5.74) is 1.34. The quantitative estimate of drug-likeness (QED) is 0.902. The first-order chi connectivity index (χ1) is 11.2. The molecule has 2 aliphatic heterocycles. The highest BCUT2D eigenvalue weighted by atomic mass is 32.2. The predicted molar refractivity (Wildman–Crippen MR) is 98.3 cm³/mol. The van der Waals surface area contributed by atoms with E-state index in [0.717, 1.165) is 25.4 Å². The van der Waals surface area contributed by atoms with Crippen molar-refractivity contribution in [2.24, 2.45) is 0 Å².